The minimum absolute atomic E-state index is 0.115. The molecule has 0 saturated heterocycles. The Bertz CT molecular complexity index is 594. The molecule has 2 N–H and O–H groups in total. The molecule has 2 atom stereocenters. The molecular formula is C19H23NO. The third-order valence-electron chi connectivity index (χ3n) is 4.36. The second-order valence-corrected chi connectivity index (χ2v) is 6.03. The van der Waals surface area contributed by atoms with Gasteiger partial charge in [0, 0.05) is 12.1 Å². The van der Waals surface area contributed by atoms with E-state index in [0.29, 0.717) is 6.04 Å². The monoisotopic (exact) mass is 281 g/mol. The molecule has 0 bridgehead atoms. The van der Waals surface area contributed by atoms with Gasteiger partial charge in [0.1, 0.15) is 0 Å². The lowest BCUT2D eigenvalue weighted by Crippen LogP contribution is -2.36. The third-order valence-corrected chi connectivity index (χ3v) is 4.36. The minimum atomic E-state index is 0.115. The molecule has 0 aliphatic heterocycles. The summed E-state index contributed by atoms with van der Waals surface area (Å²) in [6.07, 6.45) is 3.14. The molecule has 2 heteroatoms. The maximum atomic E-state index is 9.68. The van der Waals surface area contributed by atoms with Gasteiger partial charge in [-0.3, -0.25) is 0 Å². The normalized spacial score (nSPS) is 18.5. The summed E-state index contributed by atoms with van der Waals surface area (Å²) in [5, 5.41) is 13.3. The zero-order valence-electron chi connectivity index (χ0n) is 12.5. The summed E-state index contributed by atoms with van der Waals surface area (Å²) in [7, 11) is 0. The van der Waals surface area contributed by atoms with E-state index in [0.717, 1.165) is 19.3 Å². The first-order valence-electron chi connectivity index (χ1n) is 7.76. The molecule has 2 aromatic rings. The number of rotatable bonds is 5. The fraction of sp³-hybridized carbons (Fsp3) is 0.368. The van der Waals surface area contributed by atoms with Crippen LogP contribution in [-0.2, 0) is 12.8 Å². The average molecular weight is 281 g/mol. The van der Waals surface area contributed by atoms with E-state index < -0.39 is 0 Å². The van der Waals surface area contributed by atoms with Gasteiger partial charge in [-0.25, -0.2) is 0 Å². The van der Waals surface area contributed by atoms with Crippen molar-refractivity contribution in [2.75, 3.05) is 6.61 Å². The van der Waals surface area contributed by atoms with E-state index in [4.69, 9.17) is 0 Å². The van der Waals surface area contributed by atoms with Crippen LogP contribution in [0.4, 0.5) is 0 Å². The van der Waals surface area contributed by atoms with Crippen molar-refractivity contribution in [1.82, 2.24) is 5.32 Å². The van der Waals surface area contributed by atoms with E-state index in [9.17, 15) is 5.11 Å². The molecule has 21 heavy (non-hydrogen) atoms. The Morgan fingerprint density at radius 2 is 2.00 bits per heavy atom. The Labute approximate surface area is 126 Å². The molecule has 0 spiro atoms. The molecule has 1 aliphatic carbocycles. The predicted molar refractivity (Wildman–Crippen MR) is 86.4 cm³/mol. The maximum Gasteiger partial charge on any atom is 0.0588 e. The molecule has 0 heterocycles. The van der Waals surface area contributed by atoms with Crippen LogP contribution in [0.5, 0.6) is 0 Å². The van der Waals surface area contributed by atoms with Crippen LogP contribution in [0.3, 0.4) is 0 Å². The molecule has 0 amide bonds. The van der Waals surface area contributed by atoms with Crippen LogP contribution in [0.1, 0.15) is 34.7 Å². The summed E-state index contributed by atoms with van der Waals surface area (Å²) in [4.78, 5) is 0. The second kappa shape index (κ2) is 6.42. The van der Waals surface area contributed by atoms with E-state index in [2.05, 4.69) is 54.7 Å². The molecule has 0 fully saturated rings. The van der Waals surface area contributed by atoms with Crippen molar-refractivity contribution in [1.29, 1.82) is 0 Å². The fourth-order valence-electron chi connectivity index (χ4n) is 3.28. The molecule has 0 saturated carbocycles. The Morgan fingerprint density at radius 1 is 1.19 bits per heavy atom. The molecule has 2 aromatic carbocycles. The van der Waals surface area contributed by atoms with Crippen molar-refractivity contribution < 1.29 is 5.11 Å². The van der Waals surface area contributed by atoms with Gasteiger partial charge in [0.2, 0.25) is 0 Å². The van der Waals surface area contributed by atoms with E-state index in [1.807, 2.05) is 6.07 Å². The number of nitrogens with one attached hydrogen (secondary N) is 1. The highest BCUT2D eigenvalue weighted by atomic mass is 16.3. The smallest absolute Gasteiger partial charge is 0.0588 e. The number of aliphatic hydroxyl groups excluding tert-OH is 1. The molecule has 0 aromatic heterocycles. The van der Waals surface area contributed by atoms with Crippen LogP contribution in [0, 0.1) is 6.92 Å². The summed E-state index contributed by atoms with van der Waals surface area (Å²) in [6.45, 7) is 2.32. The van der Waals surface area contributed by atoms with E-state index in [1.54, 1.807) is 0 Å². The standard InChI is InChI=1S/C19H23NO/c1-14-7-9-18-16(11-14)8-10-19(18)20-17(13-21)12-15-5-3-2-4-6-15/h2-7,9,11,17,19-21H,8,10,12-13H2,1H3/t17-,19?/m1/s1. The Balaban J connectivity index is 1.69. The SMILES string of the molecule is Cc1ccc2c(c1)CCC2N[C@@H](CO)Cc1ccccc1. The molecular weight excluding hydrogens is 258 g/mol. The quantitative estimate of drug-likeness (QED) is 0.882. The van der Waals surface area contributed by atoms with Crippen molar-refractivity contribution in [3.05, 3.63) is 70.8 Å². The lowest BCUT2D eigenvalue weighted by molar-refractivity contribution is 0.230. The van der Waals surface area contributed by atoms with Crippen LogP contribution in [0.25, 0.3) is 0 Å². The van der Waals surface area contributed by atoms with Crippen LogP contribution in [0.15, 0.2) is 48.5 Å². The van der Waals surface area contributed by atoms with Gasteiger partial charge in [-0.15, -0.1) is 0 Å². The zero-order chi connectivity index (χ0) is 14.7. The van der Waals surface area contributed by atoms with Gasteiger partial charge in [0.15, 0.2) is 0 Å². The van der Waals surface area contributed by atoms with Crippen LogP contribution in [-0.4, -0.2) is 17.8 Å². The molecule has 0 radical (unpaired) electrons. The predicted octanol–water partition coefficient (Wildman–Crippen LogP) is 3.18. The van der Waals surface area contributed by atoms with Crippen molar-refractivity contribution in [3.63, 3.8) is 0 Å². The first-order chi connectivity index (χ1) is 10.3. The third kappa shape index (κ3) is 3.34. The number of hydrogen-bond donors (Lipinski definition) is 2. The summed E-state index contributed by atoms with van der Waals surface area (Å²) >= 11 is 0. The number of hydrogen-bond acceptors (Lipinski definition) is 2. The molecule has 3 rings (SSSR count). The lowest BCUT2D eigenvalue weighted by atomic mass is 10.0. The van der Waals surface area contributed by atoms with Gasteiger partial charge in [0.05, 0.1) is 6.61 Å². The number of aryl methyl sites for hydroxylation is 2. The highest BCUT2D eigenvalue weighted by Gasteiger charge is 2.24. The van der Waals surface area contributed by atoms with Gasteiger partial charge in [-0.05, 0) is 42.9 Å². The second-order valence-electron chi connectivity index (χ2n) is 6.03. The first kappa shape index (κ1) is 14.3. The van der Waals surface area contributed by atoms with Crippen molar-refractivity contribution >= 4 is 0 Å². The molecule has 110 valence electrons. The van der Waals surface area contributed by atoms with Gasteiger partial charge in [-0.1, -0.05) is 54.1 Å². The first-order valence-corrected chi connectivity index (χ1v) is 7.76. The Kier molecular flexibility index (Phi) is 4.37. The average Bonchev–Trinajstić information content (AvgIpc) is 2.89. The highest BCUT2D eigenvalue weighted by Crippen LogP contribution is 2.32. The summed E-state index contributed by atoms with van der Waals surface area (Å²) in [5.41, 5.74) is 5.47. The van der Waals surface area contributed by atoms with Gasteiger partial charge < -0.3 is 10.4 Å². The molecule has 1 unspecified atom stereocenters. The van der Waals surface area contributed by atoms with Crippen molar-refractivity contribution in [2.24, 2.45) is 0 Å². The van der Waals surface area contributed by atoms with Gasteiger partial charge >= 0.3 is 0 Å². The lowest BCUT2D eigenvalue weighted by Gasteiger charge is -2.22. The summed E-state index contributed by atoms with van der Waals surface area (Å²) in [5.74, 6) is 0. The maximum absolute atomic E-state index is 9.68. The number of aliphatic hydroxyl groups is 1. The van der Waals surface area contributed by atoms with Crippen LogP contribution in [0.2, 0.25) is 0 Å². The van der Waals surface area contributed by atoms with E-state index in [1.165, 1.54) is 22.3 Å². The van der Waals surface area contributed by atoms with Crippen molar-refractivity contribution in [3.8, 4) is 0 Å². The van der Waals surface area contributed by atoms with Crippen LogP contribution >= 0.6 is 0 Å². The molecule has 2 nitrogen and oxygen atoms in total. The largest absolute Gasteiger partial charge is 0.395 e. The fourth-order valence-corrected chi connectivity index (χ4v) is 3.28. The van der Waals surface area contributed by atoms with Crippen molar-refractivity contribution in [2.45, 2.75) is 38.3 Å². The summed E-state index contributed by atoms with van der Waals surface area (Å²) < 4.78 is 0. The van der Waals surface area contributed by atoms with E-state index >= 15 is 0 Å². The molecule has 1 aliphatic rings. The topological polar surface area (TPSA) is 32.3 Å². The minimum Gasteiger partial charge on any atom is -0.395 e. The highest BCUT2D eigenvalue weighted by molar-refractivity contribution is 5.37. The number of fused-ring (bicyclic) bond motifs is 1. The van der Waals surface area contributed by atoms with E-state index in [-0.39, 0.29) is 12.6 Å². The summed E-state index contributed by atoms with van der Waals surface area (Å²) in [6, 6.07) is 17.6. The van der Waals surface area contributed by atoms with Gasteiger partial charge in [0.25, 0.3) is 0 Å². The Hall–Kier alpha value is -1.64. The Morgan fingerprint density at radius 3 is 2.76 bits per heavy atom. The van der Waals surface area contributed by atoms with Gasteiger partial charge in [-0.2, -0.15) is 0 Å². The number of benzene rings is 2. The van der Waals surface area contributed by atoms with Crippen LogP contribution < -0.4 is 5.32 Å². The zero-order valence-corrected chi connectivity index (χ0v) is 12.5.